The molecule has 0 spiro atoms. The first kappa shape index (κ1) is 16.9. The molecular formula is C13H25NO4. The zero-order valence-corrected chi connectivity index (χ0v) is 11.6. The van der Waals surface area contributed by atoms with Crippen molar-refractivity contribution in [2.24, 2.45) is 5.92 Å². The fraction of sp³-hybridized carbons (Fsp3) is 0.846. The van der Waals surface area contributed by atoms with Crippen LogP contribution >= 0.6 is 0 Å². The predicted octanol–water partition coefficient (Wildman–Crippen LogP) is 1.76. The van der Waals surface area contributed by atoms with Crippen molar-refractivity contribution in [3.8, 4) is 0 Å². The largest absolute Gasteiger partial charge is 0.481 e. The molecule has 18 heavy (non-hydrogen) atoms. The lowest BCUT2D eigenvalue weighted by atomic mass is 10.0. The van der Waals surface area contributed by atoms with Crippen LogP contribution in [-0.4, -0.2) is 48.2 Å². The van der Waals surface area contributed by atoms with Gasteiger partial charge in [-0.15, -0.1) is 0 Å². The van der Waals surface area contributed by atoms with Gasteiger partial charge in [0.05, 0.1) is 12.3 Å². The van der Waals surface area contributed by atoms with Crippen molar-refractivity contribution in [1.29, 1.82) is 0 Å². The first-order valence-corrected chi connectivity index (χ1v) is 6.65. The van der Waals surface area contributed by atoms with E-state index in [1.165, 1.54) is 0 Å². The summed E-state index contributed by atoms with van der Waals surface area (Å²) in [5.41, 5.74) is 0. The van der Waals surface area contributed by atoms with E-state index in [1.54, 1.807) is 0 Å². The lowest BCUT2D eigenvalue weighted by Crippen LogP contribution is -2.28. The summed E-state index contributed by atoms with van der Waals surface area (Å²) in [6.07, 6.45) is 1.37. The molecule has 0 aromatic heterocycles. The minimum Gasteiger partial charge on any atom is -0.481 e. The number of esters is 1. The lowest BCUT2D eigenvalue weighted by Gasteiger charge is -2.21. The smallest absolute Gasteiger partial charge is 0.308 e. The Morgan fingerprint density at radius 2 is 1.83 bits per heavy atom. The monoisotopic (exact) mass is 259 g/mol. The first-order valence-electron chi connectivity index (χ1n) is 6.65. The van der Waals surface area contributed by atoms with Gasteiger partial charge >= 0.3 is 11.9 Å². The van der Waals surface area contributed by atoms with E-state index in [0.717, 1.165) is 32.5 Å². The number of carbonyl (C=O) groups excluding carboxylic acids is 1. The summed E-state index contributed by atoms with van der Waals surface area (Å²) in [4.78, 5) is 24.3. The highest BCUT2D eigenvalue weighted by Crippen LogP contribution is 2.11. The summed E-state index contributed by atoms with van der Waals surface area (Å²) in [6.45, 7) is 8.92. The summed E-state index contributed by atoms with van der Waals surface area (Å²) in [5, 5.41) is 8.46. The van der Waals surface area contributed by atoms with Crippen LogP contribution in [0.25, 0.3) is 0 Å². The van der Waals surface area contributed by atoms with Crippen LogP contribution in [0, 0.1) is 5.92 Å². The molecule has 0 aliphatic rings. The van der Waals surface area contributed by atoms with E-state index in [-0.39, 0.29) is 24.9 Å². The standard InChI is InChI=1S/C13H25NO4/c1-4-11(7-9-14(5-2)6-3)13(17)18-10-8-12(15)16/h11H,4-10H2,1-3H3,(H,15,16). The molecule has 5 nitrogen and oxygen atoms in total. The zero-order valence-electron chi connectivity index (χ0n) is 11.6. The van der Waals surface area contributed by atoms with Crippen molar-refractivity contribution in [3.63, 3.8) is 0 Å². The molecule has 1 N–H and O–H groups in total. The molecule has 106 valence electrons. The van der Waals surface area contributed by atoms with Crippen molar-refractivity contribution in [2.45, 2.75) is 40.0 Å². The van der Waals surface area contributed by atoms with E-state index in [0.29, 0.717) is 0 Å². The summed E-state index contributed by atoms with van der Waals surface area (Å²) >= 11 is 0. The molecule has 0 amide bonds. The van der Waals surface area contributed by atoms with Gasteiger partial charge in [-0.3, -0.25) is 9.59 Å². The molecule has 0 bridgehead atoms. The molecule has 0 radical (unpaired) electrons. The molecular weight excluding hydrogens is 234 g/mol. The maximum Gasteiger partial charge on any atom is 0.308 e. The molecule has 0 aromatic carbocycles. The van der Waals surface area contributed by atoms with E-state index in [1.807, 2.05) is 6.92 Å². The third kappa shape index (κ3) is 7.27. The van der Waals surface area contributed by atoms with Crippen LogP contribution in [0.5, 0.6) is 0 Å². The Balaban J connectivity index is 3.99. The van der Waals surface area contributed by atoms with Gasteiger partial charge in [-0.25, -0.2) is 0 Å². The van der Waals surface area contributed by atoms with Gasteiger partial charge in [0.2, 0.25) is 0 Å². The molecule has 0 saturated heterocycles. The number of hydrogen-bond acceptors (Lipinski definition) is 4. The Hall–Kier alpha value is -1.10. The number of carbonyl (C=O) groups is 2. The molecule has 0 aromatic rings. The SMILES string of the molecule is CCC(CCN(CC)CC)C(=O)OCCC(=O)O. The van der Waals surface area contributed by atoms with Crippen molar-refractivity contribution in [3.05, 3.63) is 0 Å². The number of carboxylic acids is 1. The van der Waals surface area contributed by atoms with Crippen molar-refractivity contribution < 1.29 is 19.4 Å². The minimum absolute atomic E-state index is 0.0318. The van der Waals surface area contributed by atoms with Gasteiger partial charge < -0.3 is 14.7 Å². The number of nitrogens with zero attached hydrogens (tertiary/aromatic N) is 1. The quantitative estimate of drug-likeness (QED) is 0.606. The van der Waals surface area contributed by atoms with Gasteiger partial charge in [-0.1, -0.05) is 20.8 Å². The summed E-state index contributed by atoms with van der Waals surface area (Å²) in [5.74, 6) is -1.34. The third-order valence-electron chi connectivity index (χ3n) is 3.07. The van der Waals surface area contributed by atoms with Gasteiger partial charge in [0.25, 0.3) is 0 Å². The van der Waals surface area contributed by atoms with Crippen LogP contribution in [0.3, 0.4) is 0 Å². The van der Waals surface area contributed by atoms with Crippen molar-refractivity contribution in [1.82, 2.24) is 4.90 Å². The van der Waals surface area contributed by atoms with E-state index in [4.69, 9.17) is 9.84 Å². The minimum atomic E-state index is -0.945. The topological polar surface area (TPSA) is 66.8 Å². The number of aliphatic carboxylic acids is 1. The van der Waals surface area contributed by atoms with Crippen LogP contribution < -0.4 is 0 Å². The molecule has 0 heterocycles. The van der Waals surface area contributed by atoms with E-state index in [2.05, 4.69) is 18.7 Å². The third-order valence-corrected chi connectivity index (χ3v) is 3.07. The van der Waals surface area contributed by atoms with Crippen LogP contribution in [0.1, 0.15) is 40.0 Å². The zero-order chi connectivity index (χ0) is 14.0. The van der Waals surface area contributed by atoms with Crippen LogP contribution in [0.4, 0.5) is 0 Å². The van der Waals surface area contributed by atoms with Crippen LogP contribution in [0.15, 0.2) is 0 Å². The second kappa shape index (κ2) is 9.88. The van der Waals surface area contributed by atoms with Gasteiger partial charge in [0, 0.05) is 0 Å². The highest BCUT2D eigenvalue weighted by atomic mass is 16.5. The molecule has 1 unspecified atom stereocenters. The number of hydrogen-bond donors (Lipinski definition) is 1. The van der Waals surface area contributed by atoms with Gasteiger partial charge in [0.15, 0.2) is 0 Å². The molecule has 5 heteroatoms. The van der Waals surface area contributed by atoms with Gasteiger partial charge in [-0.2, -0.15) is 0 Å². The molecule has 0 aliphatic carbocycles. The molecule has 1 atom stereocenters. The average molecular weight is 259 g/mol. The average Bonchev–Trinajstić information content (AvgIpc) is 2.34. The fourth-order valence-corrected chi connectivity index (χ4v) is 1.72. The fourth-order valence-electron chi connectivity index (χ4n) is 1.72. The number of ether oxygens (including phenoxy) is 1. The van der Waals surface area contributed by atoms with Crippen LogP contribution in [0.2, 0.25) is 0 Å². The van der Waals surface area contributed by atoms with Crippen molar-refractivity contribution in [2.75, 3.05) is 26.2 Å². The normalized spacial score (nSPS) is 12.4. The van der Waals surface area contributed by atoms with E-state index in [9.17, 15) is 9.59 Å². The Kier molecular flexibility index (Phi) is 9.28. The highest BCUT2D eigenvalue weighted by molar-refractivity contribution is 5.73. The molecule has 0 fully saturated rings. The molecule has 0 aliphatic heterocycles. The highest BCUT2D eigenvalue weighted by Gasteiger charge is 2.18. The maximum atomic E-state index is 11.7. The molecule has 0 saturated carbocycles. The van der Waals surface area contributed by atoms with Gasteiger partial charge in [0.1, 0.15) is 6.61 Å². The second-order valence-corrected chi connectivity index (χ2v) is 4.23. The lowest BCUT2D eigenvalue weighted by molar-refractivity contribution is -0.151. The second-order valence-electron chi connectivity index (χ2n) is 4.23. The van der Waals surface area contributed by atoms with Gasteiger partial charge in [-0.05, 0) is 32.5 Å². The van der Waals surface area contributed by atoms with Crippen molar-refractivity contribution >= 4 is 11.9 Å². The summed E-state index contributed by atoms with van der Waals surface area (Å²) in [6, 6.07) is 0. The number of rotatable bonds is 10. The summed E-state index contributed by atoms with van der Waals surface area (Å²) < 4.78 is 4.97. The van der Waals surface area contributed by atoms with E-state index >= 15 is 0 Å². The Bertz CT molecular complexity index is 251. The maximum absolute atomic E-state index is 11.7. The van der Waals surface area contributed by atoms with Crippen LogP contribution in [-0.2, 0) is 14.3 Å². The Morgan fingerprint density at radius 3 is 2.28 bits per heavy atom. The molecule has 0 rings (SSSR count). The predicted molar refractivity (Wildman–Crippen MR) is 69.4 cm³/mol. The number of carboxylic acid groups (broad SMARTS) is 1. The Labute approximate surface area is 109 Å². The summed E-state index contributed by atoms with van der Waals surface area (Å²) in [7, 11) is 0. The Morgan fingerprint density at radius 1 is 1.22 bits per heavy atom. The van der Waals surface area contributed by atoms with E-state index < -0.39 is 5.97 Å². The first-order chi connectivity index (χ1) is 8.54.